The van der Waals surface area contributed by atoms with Crippen LogP contribution in [-0.2, 0) is 21.5 Å². The Morgan fingerprint density at radius 1 is 0.914 bits per heavy atom. The molecule has 3 aromatic carbocycles. The normalized spacial score (nSPS) is 18.2. The summed E-state index contributed by atoms with van der Waals surface area (Å²) in [5.41, 5.74) is 1.48. The molecule has 178 valence electrons. The van der Waals surface area contributed by atoms with Crippen LogP contribution in [0, 0.1) is 0 Å². The van der Waals surface area contributed by atoms with Gasteiger partial charge in [0, 0.05) is 18.9 Å². The molecule has 0 saturated carbocycles. The fraction of sp³-hybridized carbons (Fsp3) is 0.214. The van der Waals surface area contributed by atoms with Crippen molar-refractivity contribution in [1.82, 2.24) is 15.5 Å². The summed E-state index contributed by atoms with van der Waals surface area (Å²) in [6.45, 7) is 2.93. The average Bonchev–Trinajstić information content (AvgIpc) is 3.09. The molecule has 0 bridgehead atoms. The maximum Gasteiger partial charge on any atom is 0.325 e. The third kappa shape index (κ3) is 4.99. The van der Waals surface area contributed by atoms with E-state index in [-0.39, 0.29) is 30.7 Å². The molecule has 1 heterocycles. The van der Waals surface area contributed by atoms with E-state index in [1.54, 1.807) is 36.4 Å². The Labute approximate surface area is 204 Å². The minimum Gasteiger partial charge on any atom is -0.350 e. The van der Waals surface area contributed by atoms with Crippen LogP contribution in [0.5, 0.6) is 0 Å². The maximum absolute atomic E-state index is 13.7. The molecule has 0 spiro atoms. The van der Waals surface area contributed by atoms with Crippen molar-refractivity contribution in [3.63, 3.8) is 0 Å². The van der Waals surface area contributed by atoms with Crippen molar-refractivity contribution in [2.45, 2.75) is 31.8 Å². The summed E-state index contributed by atoms with van der Waals surface area (Å²) in [5.74, 6) is -0.953. The van der Waals surface area contributed by atoms with Crippen LogP contribution >= 0.6 is 0 Å². The Bertz CT molecular complexity index is 1240. The lowest BCUT2D eigenvalue weighted by atomic mass is 9.83. The molecule has 4 rings (SSSR count). The van der Waals surface area contributed by atoms with E-state index in [0.29, 0.717) is 11.1 Å². The summed E-state index contributed by atoms with van der Waals surface area (Å²) >= 11 is 0. The number of Topliss-reactive ketones (excluding diaryl/α,β-unsaturated/α-hetero) is 1. The van der Waals surface area contributed by atoms with Crippen LogP contribution in [-0.4, -0.2) is 35.1 Å². The lowest BCUT2D eigenvalue weighted by molar-refractivity contribution is -0.131. The van der Waals surface area contributed by atoms with Crippen LogP contribution in [0.4, 0.5) is 4.79 Å². The smallest absolute Gasteiger partial charge is 0.325 e. The van der Waals surface area contributed by atoms with Gasteiger partial charge in [0.1, 0.15) is 0 Å². The molecule has 0 radical (unpaired) electrons. The van der Waals surface area contributed by atoms with Gasteiger partial charge in [-0.1, -0.05) is 84.9 Å². The lowest BCUT2D eigenvalue weighted by Gasteiger charge is -2.27. The van der Waals surface area contributed by atoms with E-state index < -0.39 is 17.5 Å². The highest BCUT2D eigenvalue weighted by molar-refractivity contribution is 6.11. The number of nitrogens with one attached hydrogen (secondary N) is 2. The summed E-state index contributed by atoms with van der Waals surface area (Å²) in [5, 5.41) is 5.67. The minimum absolute atomic E-state index is 0.145. The molecule has 35 heavy (non-hydrogen) atoms. The van der Waals surface area contributed by atoms with Crippen molar-refractivity contribution in [3.05, 3.63) is 107 Å². The van der Waals surface area contributed by atoms with E-state index in [9.17, 15) is 19.2 Å². The number of hydrogen-bond acceptors (Lipinski definition) is 4. The largest absolute Gasteiger partial charge is 0.350 e. The molecule has 7 nitrogen and oxygen atoms in total. The molecule has 4 amide bonds. The number of hydrogen-bond donors (Lipinski definition) is 2. The van der Waals surface area contributed by atoms with Crippen molar-refractivity contribution in [2.75, 3.05) is 6.54 Å². The Morgan fingerprint density at radius 2 is 1.51 bits per heavy atom. The molecule has 3 aromatic rings. The summed E-state index contributed by atoms with van der Waals surface area (Å²) in [7, 11) is 0. The Hall–Kier alpha value is -4.26. The highest BCUT2D eigenvalue weighted by atomic mass is 16.2. The zero-order valence-corrected chi connectivity index (χ0v) is 19.7. The fourth-order valence-electron chi connectivity index (χ4n) is 4.39. The molecule has 0 aromatic heterocycles. The highest BCUT2D eigenvalue weighted by Crippen LogP contribution is 2.33. The van der Waals surface area contributed by atoms with Crippen LogP contribution < -0.4 is 10.6 Å². The number of carbonyl (C=O) groups is 4. The predicted octanol–water partition coefficient (Wildman–Crippen LogP) is 3.76. The first-order chi connectivity index (χ1) is 16.8. The highest BCUT2D eigenvalue weighted by Gasteiger charge is 2.52. The van der Waals surface area contributed by atoms with Gasteiger partial charge in [0.05, 0.1) is 12.6 Å². The average molecular weight is 470 g/mol. The second-order valence-corrected chi connectivity index (χ2v) is 8.72. The van der Waals surface area contributed by atoms with E-state index in [4.69, 9.17) is 0 Å². The van der Waals surface area contributed by atoms with Crippen molar-refractivity contribution < 1.29 is 19.2 Å². The van der Waals surface area contributed by atoms with Crippen molar-refractivity contribution in [1.29, 1.82) is 0 Å². The summed E-state index contributed by atoms with van der Waals surface area (Å²) in [6.07, 6.45) is 0.267. The van der Waals surface area contributed by atoms with Crippen LogP contribution in [0.15, 0.2) is 84.9 Å². The molecule has 2 N–H and O–H groups in total. The lowest BCUT2D eigenvalue weighted by Crippen LogP contribution is -2.46. The van der Waals surface area contributed by atoms with Gasteiger partial charge in [0.2, 0.25) is 5.91 Å². The zero-order chi connectivity index (χ0) is 25.0. The maximum atomic E-state index is 13.7. The van der Waals surface area contributed by atoms with E-state index in [2.05, 4.69) is 10.6 Å². The zero-order valence-electron chi connectivity index (χ0n) is 19.7. The molecule has 1 aliphatic heterocycles. The molecular weight excluding hydrogens is 442 g/mol. The topological polar surface area (TPSA) is 95.6 Å². The van der Waals surface area contributed by atoms with Gasteiger partial charge in [-0.15, -0.1) is 0 Å². The summed E-state index contributed by atoms with van der Waals surface area (Å²) in [4.78, 5) is 52.0. The number of nitrogens with zero attached hydrogens (tertiary/aromatic N) is 1. The van der Waals surface area contributed by atoms with Gasteiger partial charge >= 0.3 is 6.03 Å². The molecule has 1 saturated heterocycles. The number of amides is 4. The van der Waals surface area contributed by atoms with E-state index in [0.717, 1.165) is 16.0 Å². The van der Waals surface area contributed by atoms with Crippen molar-refractivity contribution in [2.24, 2.45) is 0 Å². The number of benzene rings is 3. The first-order valence-electron chi connectivity index (χ1n) is 11.4. The molecular formula is C28H27N3O4. The van der Waals surface area contributed by atoms with Crippen LogP contribution in [0.3, 0.4) is 0 Å². The van der Waals surface area contributed by atoms with Gasteiger partial charge in [0.25, 0.3) is 5.91 Å². The van der Waals surface area contributed by atoms with Gasteiger partial charge in [-0.25, -0.2) is 4.79 Å². The molecule has 2 atom stereocenters. The number of rotatable bonds is 8. The van der Waals surface area contributed by atoms with Crippen LogP contribution in [0.2, 0.25) is 0 Å². The van der Waals surface area contributed by atoms with Crippen molar-refractivity contribution >= 4 is 23.6 Å². The van der Waals surface area contributed by atoms with E-state index in [1.807, 2.05) is 55.5 Å². The Balaban J connectivity index is 1.57. The first kappa shape index (κ1) is 23.9. The number of carbonyl (C=O) groups excluding carboxylic acids is 4. The monoisotopic (exact) mass is 469 g/mol. The van der Waals surface area contributed by atoms with Crippen molar-refractivity contribution in [3.8, 4) is 0 Å². The third-order valence-corrected chi connectivity index (χ3v) is 6.21. The number of imide groups is 1. The first-order valence-corrected chi connectivity index (χ1v) is 11.4. The summed E-state index contributed by atoms with van der Waals surface area (Å²) in [6, 6.07) is 24.5. The van der Waals surface area contributed by atoms with Gasteiger partial charge in [-0.05, 0) is 23.6 Å². The predicted molar refractivity (Wildman–Crippen MR) is 132 cm³/mol. The van der Waals surface area contributed by atoms with E-state index in [1.165, 1.54) is 6.92 Å². The molecule has 7 heteroatoms. The Morgan fingerprint density at radius 3 is 2.11 bits per heavy atom. The fourth-order valence-corrected chi connectivity index (χ4v) is 4.39. The standard InChI is InChI=1S/C28H27N3O4/c1-19(29-20(2)32)22-13-15-23(16-14-22)25(33)18-31-26(34)28(30-27(31)35,24-11-7-4-8-12-24)17-21-9-5-3-6-10-21/h3-16,19H,17-18H2,1-2H3,(H,29,32)(H,30,35). The number of ketones is 1. The van der Waals surface area contributed by atoms with Crippen LogP contribution in [0.25, 0.3) is 0 Å². The quantitative estimate of drug-likeness (QED) is 0.388. The summed E-state index contributed by atoms with van der Waals surface area (Å²) < 4.78 is 0. The van der Waals surface area contributed by atoms with Crippen LogP contribution in [0.1, 0.15) is 46.9 Å². The minimum atomic E-state index is -1.29. The van der Waals surface area contributed by atoms with Gasteiger partial charge in [0.15, 0.2) is 11.3 Å². The second-order valence-electron chi connectivity index (χ2n) is 8.72. The van der Waals surface area contributed by atoms with Gasteiger partial charge in [-0.3, -0.25) is 19.3 Å². The van der Waals surface area contributed by atoms with Gasteiger partial charge in [-0.2, -0.15) is 0 Å². The molecule has 1 fully saturated rings. The molecule has 1 aliphatic rings. The third-order valence-electron chi connectivity index (χ3n) is 6.21. The van der Waals surface area contributed by atoms with Gasteiger partial charge < -0.3 is 10.6 Å². The molecule has 0 aliphatic carbocycles. The van der Waals surface area contributed by atoms with E-state index >= 15 is 0 Å². The second kappa shape index (κ2) is 9.93. The molecule has 2 unspecified atom stereocenters. The SMILES string of the molecule is CC(=O)NC(C)c1ccc(C(=O)CN2C(=O)NC(Cc3ccccc3)(c3ccccc3)C2=O)cc1. The number of urea groups is 1. The Kier molecular flexibility index (Phi) is 6.78.